The average Bonchev–Trinajstić information content (AvgIpc) is 2.12. The maximum absolute atomic E-state index is 3.64. The van der Waals surface area contributed by atoms with E-state index in [1.165, 1.54) is 51.9 Å². The summed E-state index contributed by atoms with van der Waals surface area (Å²) >= 11 is 0. The minimum Gasteiger partial charge on any atom is -0.309 e. The van der Waals surface area contributed by atoms with E-state index in [1.807, 2.05) is 0 Å². The van der Waals surface area contributed by atoms with Gasteiger partial charge in [0.25, 0.3) is 0 Å². The van der Waals surface area contributed by atoms with Gasteiger partial charge in [-0.25, -0.2) is 0 Å². The molecule has 1 unspecified atom stereocenters. The molecule has 0 amide bonds. The van der Waals surface area contributed by atoms with Crippen LogP contribution in [0.1, 0.15) is 39.5 Å². The van der Waals surface area contributed by atoms with Crippen LogP contribution in [0.4, 0.5) is 0 Å². The van der Waals surface area contributed by atoms with Crippen molar-refractivity contribution in [3.8, 4) is 0 Å². The molecule has 0 bridgehead atoms. The highest BCUT2D eigenvalue weighted by Gasteiger charge is 2.30. The molecule has 2 fully saturated rings. The van der Waals surface area contributed by atoms with E-state index >= 15 is 0 Å². The van der Waals surface area contributed by atoms with Gasteiger partial charge in [-0.2, -0.15) is 0 Å². The minimum absolute atomic E-state index is 0.377. The summed E-state index contributed by atoms with van der Waals surface area (Å²) in [5.41, 5.74) is 0.377. The van der Waals surface area contributed by atoms with E-state index in [4.69, 9.17) is 0 Å². The highest BCUT2D eigenvalue weighted by molar-refractivity contribution is 4.90. The minimum atomic E-state index is 0.377. The van der Waals surface area contributed by atoms with Crippen LogP contribution in [0.2, 0.25) is 0 Å². The highest BCUT2D eigenvalue weighted by atomic mass is 15.2. The van der Waals surface area contributed by atoms with Crippen LogP contribution < -0.4 is 5.32 Å². The number of rotatable bonds is 3. The summed E-state index contributed by atoms with van der Waals surface area (Å²) in [5.74, 6) is 1.02. The molecule has 1 atom stereocenters. The maximum Gasteiger partial charge on any atom is 0.0278 e. The lowest BCUT2D eigenvalue weighted by atomic mass is 9.84. The summed E-state index contributed by atoms with van der Waals surface area (Å²) in [7, 11) is 0. The van der Waals surface area contributed by atoms with Crippen molar-refractivity contribution in [1.29, 1.82) is 0 Å². The van der Waals surface area contributed by atoms with Crippen molar-refractivity contribution in [2.24, 2.45) is 5.92 Å². The second-order valence-electron chi connectivity index (χ2n) is 5.37. The van der Waals surface area contributed by atoms with Gasteiger partial charge in [0.15, 0.2) is 0 Å². The standard InChI is InChI=1S/C12H24N2/c1-3-12(2)10-14(8-7-13-12)9-11-5-4-6-11/h11,13H,3-10H2,1-2H3. The van der Waals surface area contributed by atoms with Gasteiger partial charge in [-0.05, 0) is 32.1 Å². The molecular formula is C12H24N2. The zero-order chi connectivity index (χ0) is 10.0. The number of nitrogens with zero attached hydrogens (tertiary/aromatic N) is 1. The molecule has 0 aromatic carbocycles. The van der Waals surface area contributed by atoms with Gasteiger partial charge in [0, 0.05) is 31.7 Å². The zero-order valence-corrected chi connectivity index (χ0v) is 9.68. The fourth-order valence-electron chi connectivity index (χ4n) is 2.58. The molecule has 1 saturated heterocycles. The van der Waals surface area contributed by atoms with Crippen LogP contribution in [0.25, 0.3) is 0 Å². The van der Waals surface area contributed by atoms with E-state index in [0.29, 0.717) is 5.54 Å². The Hall–Kier alpha value is -0.0800. The Kier molecular flexibility index (Phi) is 3.13. The molecule has 2 aliphatic rings. The molecule has 82 valence electrons. The molecule has 2 rings (SSSR count). The molecule has 2 heteroatoms. The lowest BCUT2D eigenvalue weighted by Gasteiger charge is -2.43. The van der Waals surface area contributed by atoms with Gasteiger partial charge in [-0.15, -0.1) is 0 Å². The maximum atomic E-state index is 3.64. The summed E-state index contributed by atoms with van der Waals surface area (Å²) in [6.07, 6.45) is 5.68. The van der Waals surface area contributed by atoms with Gasteiger partial charge in [-0.1, -0.05) is 13.3 Å². The second kappa shape index (κ2) is 4.19. The molecule has 1 N–H and O–H groups in total. The molecule has 2 nitrogen and oxygen atoms in total. The quantitative estimate of drug-likeness (QED) is 0.741. The summed E-state index contributed by atoms with van der Waals surface area (Å²) in [4.78, 5) is 2.67. The zero-order valence-electron chi connectivity index (χ0n) is 9.68. The second-order valence-corrected chi connectivity index (χ2v) is 5.37. The fraction of sp³-hybridized carbons (Fsp3) is 1.00. The van der Waals surface area contributed by atoms with E-state index in [2.05, 4.69) is 24.1 Å². The van der Waals surface area contributed by atoms with Crippen LogP contribution >= 0.6 is 0 Å². The first-order valence-corrected chi connectivity index (χ1v) is 6.19. The van der Waals surface area contributed by atoms with E-state index in [1.54, 1.807) is 0 Å². The van der Waals surface area contributed by atoms with Gasteiger partial charge in [0.1, 0.15) is 0 Å². The molecule has 14 heavy (non-hydrogen) atoms. The Morgan fingerprint density at radius 3 is 2.79 bits per heavy atom. The van der Waals surface area contributed by atoms with Crippen molar-refractivity contribution >= 4 is 0 Å². The summed E-state index contributed by atoms with van der Waals surface area (Å²) in [6, 6.07) is 0. The highest BCUT2D eigenvalue weighted by Crippen LogP contribution is 2.28. The smallest absolute Gasteiger partial charge is 0.0278 e. The Labute approximate surface area is 88.1 Å². The van der Waals surface area contributed by atoms with Crippen LogP contribution in [-0.4, -0.2) is 36.6 Å². The topological polar surface area (TPSA) is 15.3 Å². The number of piperazine rings is 1. The molecule has 1 heterocycles. The normalized spacial score (nSPS) is 35.6. The van der Waals surface area contributed by atoms with Crippen molar-refractivity contribution in [1.82, 2.24) is 10.2 Å². The Bertz CT molecular complexity index is 189. The van der Waals surface area contributed by atoms with Crippen LogP contribution in [0.15, 0.2) is 0 Å². The van der Waals surface area contributed by atoms with Crippen molar-refractivity contribution in [2.45, 2.75) is 45.1 Å². The predicted molar refractivity (Wildman–Crippen MR) is 60.5 cm³/mol. The molecule has 0 aromatic rings. The summed E-state index contributed by atoms with van der Waals surface area (Å²) in [6.45, 7) is 9.69. The summed E-state index contributed by atoms with van der Waals surface area (Å²) < 4.78 is 0. The largest absolute Gasteiger partial charge is 0.309 e. The van der Waals surface area contributed by atoms with Crippen molar-refractivity contribution in [3.63, 3.8) is 0 Å². The van der Waals surface area contributed by atoms with E-state index in [-0.39, 0.29) is 0 Å². The molecule has 0 spiro atoms. The van der Waals surface area contributed by atoms with Crippen LogP contribution in [0.5, 0.6) is 0 Å². The van der Waals surface area contributed by atoms with E-state index in [9.17, 15) is 0 Å². The van der Waals surface area contributed by atoms with Gasteiger partial charge < -0.3 is 5.32 Å². The third kappa shape index (κ3) is 2.29. The number of hydrogen-bond donors (Lipinski definition) is 1. The van der Waals surface area contributed by atoms with Gasteiger partial charge >= 0.3 is 0 Å². The third-order valence-corrected chi connectivity index (χ3v) is 4.07. The first-order valence-electron chi connectivity index (χ1n) is 6.19. The lowest BCUT2D eigenvalue weighted by molar-refractivity contribution is 0.103. The van der Waals surface area contributed by atoms with Crippen molar-refractivity contribution in [2.75, 3.05) is 26.2 Å². The van der Waals surface area contributed by atoms with Crippen LogP contribution in [0, 0.1) is 5.92 Å². The van der Waals surface area contributed by atoms with Crippen LogP contribution in [-0.2, 0) is 0 Å². The number of hydrogen-bond acceptors (Lipinski definition) is 2. The average molecular weight is 196 g/mol. The Balaban J connectivity index is 1.80. The van der Waals surface area contributed by atoms with Gasteiger partial charge in [0.2, 0.25) is 0 Å². The Morgan fingerprint density at radius 1 is 1.43 bits per heavy atom. The van der Waals surface area contributed by atoms with Crippen molar-refractivity contribution < 1.29 is 0 Å². The fourth-order valence-corrected chi connectivity index (χ4v) is 2.58. The molecule has 1 aliphatic heterocycles. The van der Waals surface area contributed by atoms with E-state index in [0.717, 1.165) is 5.92 Å². The van der Waals surface area contributed by atoms with Gasteiger partial charge in [0.05, 0.1) is 0 Å². The van der Waals surface area contributed by atoms with Gasteiger partial charge in [-0.3, -0.25) is 4.90 Å². The van der Waals surface area contributed by atoms with E-state index < -0.39 is 0 Å². The molecule has 0 radical (unpaired) electrons. The predicted octanol–water partition coefficient (Wildman–Crippen LogP) is 1.86. The molecular weight excluding hydrogens is 172 g/mol. The summed E-state index contributed by atoms with van der Waals surface area (Å²) in [5, 5.41) is 3.64. The third-order valence-electron chi connectivity index (χ3n) is 4.07. The van der Waals surface area contributed by atoms with Crippen LogP contribution in [0.3, 0.4) is 0 Å². The monoisotopic (exact) mass is 196 g/mol. The first kappa shape index (κ1) is 10.4. The number of nitrogens with one attached hydrogen (secondary N) is 1. The molecule has 0 aromatic heterocycles. The lowest BCUT2D eigenvalue weighted by Crippen LogP contribution is -2.59. The first-order chi connectivity index (χ1) is 6.72. The SMILES string of the molecule is CCC1(C)CN(CC2CCC2)CCN1. The Morgan fingerprint density at radius 2 is 2.21 bits per heavy atom. The molecule has 1 aliphatic carbocycles. The van der Waals surface area contributed by atoms with Crippen molar-refractivity contribution in [3.05, 3.63) is 0 Å². The molecule has 1 saturated carbocycles.